The minimum Gasteiger partial charge on any atom is -0.507 e. The maximum Gasteiger partial charge on any atom is 0.166 e. The van der Waals surface area contributed by atoms with Gasteiger partial charge in [-0.15, -0.1) is 0 Å². The van der Waals surface area contributed by atoms with Gasteiger partial charge in [0, 0.05) is 9.99 Å². The first kappa shape index (κ1) is 8.99. The number of phenolic OH excluding ortho intramolecular Hbond substituents is 1. The molecule has 68 valence electrons. The van der Waals surface area contributed by atoms with E-state index < -0.39 is 0 Å². The van der Waals surface area contributed by atoms with E-state index in [9.17, 15) is 9.90 Å². The van der Waals surface area contributed by atoms with Gasteiger partial charge in [0.2, 0.25) is 0 Å². The van der Waals surface area contributed by atoms with Gasteiger partial charge < -0.3 is 5.11 Å². The number of benzene rings is 1. The number of fused-ring (bicyclic) bond motifs is 1. The van der Waals surface area contributed by atoms with Crippen molar-refractivity contribution in [2.75, 3.05) is 0 Å². The van der Waals surface area contributed by atoms with E-state index in [0.717, 1.165) is 22.0 Å². The number of halogens is 1. The molecule has 0 aliphatic heterocycles. The Hall–Kier alpha value is -0.580. The molecule has 2 rings (SSSR count). The molecule has 13 heavy (non-hydrogen) atoms. The van der Waals surface area contributed by atoms with Crippen LogP contribution >= 0.6 is 22.6 Å². The maximum absolute atomic E-state index is 11.5. The van der Waals surface area contributed by atoms with Crippen molar-refractivity contribution >= 4 is 28.4 Å². The van der Waals surface area contributed by atoms with E-state index >= 15 is 0 Å². The van der Waals surface area contributed by atoms with Crippen molar-refractivity contribution in [1.29, 1.82) is 0 Å². The van der Waals surface area contributed by atoms with Crippen LogP contribution in [0.4, 0.5) is 0 Å². The summed E-state index contributed by atoms with van der Waals surface area (Å²) < 4.78 is 0.989. The molecular weight excluding hydrogens is 279 g/mol. The highest BCUT2D eigenvalue weighted by atomic mass is 127. The third-order valence-corrected chi connectivity index (χ3v) is 2.92. The lowest BCUT2D eigenvalue weighted by Gasteiger charge is -2.15. The fraction of sp³-hybridized carbons (Fsp3) is 0.300. The van der Waals surface area contributed by atoms with E-state index in [1.807, 2.05) is 6.07 Å². The molecule has 1 aromatic carbocycles. The molecule has 1 aromatic rings. The van der Waals surface area contributed by atoms with Crippen molar-refractivity contribution in [2.24, 2.45) is 0 Å². The number of hydrogen-bond acceptors (Lipinski definition) is 2. The Balaban J connectivity index is 2.63. The lowest BCUT2D eigenvalue weighted by molar-refractivity contribution is 0.0969. The molecule has 3 heteroatoms. The Morgan fingerprint density at radius 2 is 2.08 bits per heavy atom. The zero-order valence-corrected chi connectivity index (χ0v) is 9.17. The second kappa shape index (κ2) is 3.29. The van der Waals surface area contributed by atoms with Gasteiger partial charge in [-0.25, -0.2) is 0 Å². The summed E-state index contributed by atoms with van der Waals surface area (Å²) >= 11 is 2.15. The van der Waals surface area contributed by atoms with Crippen LogP contribution in [0.15, 0.2) is 12.1 Å². The Morgan fingerprint density at radius 3 is 2.85 bits per heavy atom. The van der Waals surface area contributed by atoms with Gasteiger partial charge in [-0.2, -0.15) is 0 Å². The number of ketones is 1. The Bertz CT molecular complexity index is 371. The number of carbonyl (C=O) groups is 1. The van der Waals surface area contributed by atoms with Gasteiger partial charge in [-0.3, -0.25) is 4.79 Å². The molecule has 0 radical (unpaired) electrons. The number of Topliss-reactive ketones (excluding diaryl/α,β-unsaturated/α-hetero) is 1. The molecule has 0 unspecified atom stereocenters. The third kappa shape index (κ3) is 1.57. The molecule has 0 bridgehead atoms. The van der Waals surface area contributed by atoms with Crippen LogP contribution in [0.3, 0.4) is 0 Å². The van der Waals surface area contributed by atoms with Gasteiger partial charge in [0.05, 0.1) is 5.56 Å². The van der Waals surface area contributed by atoms with Gasteiger partial charge in [0.1, 0.15) is 5.75 Å². The van der Waals surface area contributed by atoms with Gasteiger partial charge in [0.15, 0.2) is 5.78 Å². The van der Waals surface area contributed by atoms with Crippen molar-refractivity contribution in [3.8, 4) is 5.75 Å². The summed E-state index contributed by atoms with van der Waals surface area (Å²) in [5.41, 5.74) is 1.55. The molecule has 0 fully saturated rings. The van der Waals surface area contributed by atoms with Crippen molar-refractivity contribution in [3.05, 3.63) is 26.8 Å². The Kier molecular flexibility index (Phi) is 2.27. The number of hydrogen-bond donors (Lipinski definition) is 1. The zero-order valence-electron chi connectivity index (χ0n) is 7.01. The summed E-state index contributed by atoms with van der Waals surface area (Å²) in [6.45, 7) is 0. The predicted octanol–water partition coefficient (Wildman–Crippen LogP) is 2.52. The lowest BCUT2D eigenvalue weighted by atomic mass is 9.90. The molecule has 0 aromatic heterocycles. The summed E-state index contributed by atoms with van der Waals surface area (Å²) in [6, 6.07) is 3.62. The topological polar surface area (TPSA) is 37.3 Å². The molecule has 0 heterocycles. The molecule has 1 N–H and O–H groups in total. The number of aromatic hydroxyl groups is 1. The minimum absolute atomic E-state index is 0.0788. The molecule has 0 saturated heterocycles. The summed E-state index contributed by atoms with van der Waals surface area (Å²) in [7, 11) is 0. The highest BCUT2D eigenvalue weighted by Gasteiger charge is 2.20. The summed E-state index contributed by atoms with van der Waals surface area (Å²) in [5.74, 6) is 0.224. The quantitative estimate of drug-likeness (QED) is 0.745. The van der Waals surface area contributed by atoms with Gasteiger partial charge in [0.25, 0.3) is 0 Å². The SMILES string of the molecule is O=C1CCCc2cc(I)cc(O)c21. The highest BCUT2D eigenvalue weighted by Crippen LogP contribution is 2.30. The van der Waals surface area contributed by atoms with Crippen LogP contribution in [0, 0.1) is 3.57 Å². The second-order valence-corrected chi connectivity index (χ2v) is 4.48. The third-order valence-electron chi connectivity index (χ3n) is 2.29. The Morgan fingerprint density at radius 1 is 1.31 bits per heavy atom. The summed E-state index contributed by atoms with van der Waals surface area (Å²) in [4.78, 5) is 11.5. The molecule has 0 amide bonds. The van der Waals surface area contributed by atoms with Gasteiger partial charge in [-0.1, -0.05) is 0 Å². The van der Waals surface area contributed by atoms with Crippen LogP contribution in [0.1, 0.15) is 28.8 Å². The number of aryl methyl sites for hydroxylation is 1. The molecule has 2 nitrogen and oxygen atoms in total. The molecule has 1 aliphatic carbocycles. The summed E-state index contributed by atoms with van der Waals surface area (Å²) in [5, 5.41) is 9.58. The molecule has 0 atom stereocenters. The van der Waals surface area contributed by atoms with Crippen LogP contribution in [-0.4, -0.2) is 10.9 Å². The predicted molar refractivity (Wildman–Crippen MR) is 58.1 cm³/mol. The van der Waals surface area contributed by atoms with Crippen molar-refractivity contribution in [3.63, 3.8) is 0 Å². The van der Waals surface area contributed by atoms with E-state index in [4.69, 9.17) is 0 Å². The number of carbonyl (C=O) groups excluding carboxylic acids is 1. The first-order chi connectivity index (χ1) is 6.18. The van der Waals surface area contributed by atoms with E-state index in [2.05, 4.69) is 22.6 Å². The van der Waals surface area contributed by atoms with E-state index in [-0.39, 0.29) is 11.5 Å². The van der Waals surface area contributed by atoms with E-state index in [0.29, 0.717) is 12.0 Å². The second-order valence-electron chi connectivity index (χ2n) is 3.24. The monoisotopic (exact) mass is 288 g/mol. The standard InChI is InChI=1S/C10H9IO2/c11-7-4-6-2-1-3-8(12)10(6)9(13)5-7/h4-5,13H,1-3H2. The smallest absolute Gasteiger partial charge is 0.166 e. The van der Waals surface area contributed by atoms with Crippen molar-refractivity contribution in [2.45, 2.75) is 19.3 Å². The van der Waals surface area contributed by atoms with Crippen molar-refractivity contribution in [1.82, 2.24) is 0 Å². The molecule has 1 aliphatic rings. The highest BCUT2D eigenvalue weighted by molar-refractivity contribution is 14.1. The fourth-order valence-electron chi connectivity index (χ4n) is 1.73. The van der Waals surface area contributed by atoms with E-state index in [1.165, 1.54) is 0 Å². The molecule has 0 spiro atoms. The number of phenols is 1. The van der Waals surface area contributed by atoms with Crippen LogP contribution in [0.2, 0.25) is 0 Å². The first-order valence-electron chi connectivity index (χ1n) is 4.23. The molecular formula is C10H9IO2. The largest absolute Gasteiger partial charge is 0.507 e. The van der Waals surface area contributed by atoms with E-state index in [1.54, 1.807) is 6.07 Å². The van der Waals surface area contributed by atoms with Crippen molar-refractivity contribution < 1.29 is 9.90 Å². The average molecular weight is 288 g/mol. The van der Waals surface area contributed by atoms with Crippen LogP contribution in [0.25, 0.3) is 0 Å². The molecule has 0 saturated carbocycles. The number of rotatable bonds is 0. The van der Waals surface area contributed by atoms with Crippen LogP contribution in [0.5, 0.6) is 5.75 Å². The normalized spacial score (nSPS) is 15.6. The minimum atomic E-state index is 0.0788. The van der Waals surface area contributed by atoms with Crippen LogP contribution < -0.4 is 0 Å². The van der Waals surface area contributed by atoms with Gasteiger partial charge in [-0.05, 0) is 53.1 Å². The fourth-order valence-corrected chi connectivity index (χ4v) is 2.40. The first-order valence-corrected chi connectivity index (χ1v) is 5.31. The summed E-state index contributed by atoms with van der Waals surface area (Å²) in [6.07, 6.45) is 2.39. The Labute approximate surface area is 90.1 Å². The average Bonchev–Trinajstić information content (AvgIpc) is 2.02. The lowest BCUT2D eigenvalue weighted by Crippen LogP contribution is -2.11. The zero-order chi connectivity index (χ0) is 9.42. The van der Waals surface area contributed by atoms with Gasteiger partial charge >= 0.3 is 0 Å². The van der Waals surface area contributed by atoms with Crippen LogP contribution in [-0.2, 0) is 6.42 Å². The maximum atomic E-state index is 11.5.